The molecule has 3 N–H and O–H groups in total. The maximum Gasteiger partial charge on any atom is 0.234 e. The molecule has 0 radical (unpaired) electrons. The van der Waals surface area contributed by atoms with E-state index in [4.69, 9.17) is 4.74 Å². The number of β-amino-alcohol motifs (C(OH)–C–C–N with tert-alkyl or cyclic N) is 1. The van der Waals surface area contributed by atoms with Crippen molar-refractivity contribution in [3.8, 4) is 5.88 Å². The molecule has 1 aromatic heterocycles. The summed E-state index contributed by atoms with van der Waals surface area (Å²) in [5.74, 6) is 1.52. The van der Waals surface area contributed by atoms with Gasteiger partial charge in [-0.3, -0.25) is 4.79 Å². The zero-order valence-corrected chi connectivity index (χ0v) is 20.7. The van der Waals surface area contributed by atoms with Crippen LogP contribution in [0.25, 0.3) is 11.0 Å². The first-order valence-electron chi connectivity index (χ1n) is 12.1. The van der Waals surface area contributed by atoms with Crippen LogP contribution < -0.4 is 15.4 Å². The number of rotatable bonds is 8. The van der Waals surface area contributed by atoms with Crippen LogP contribution in [0.4, 0.5) is 5.69 Å². The van der Waals surface area contributed by atoms with Gasteiger partial charge in [0.15, 0.2) is 0 Å². The number of aliphatic hydroxyl groups excluding tert-OH is 1. The maximum atomic E-state index is 11.7. The smallest absolute Gasteiger partial charge is 0.234 e. The van der Waals surface area contributed by atoms with Crippen LogP contribution in [-0.4, -0.2) is 64.9 Å². The summed E-state index contributed by atoms with van der Waals surface area (Å²) in [5, 5.41) is 17.6. The summed E-state index contributed by atoms with van der Waals surface area (Å²) in [5.41, 5.74) is 4.31. The van der Waals surface area contributed by atoms with Crippen LogP contribution in [0.2, 0.25) is 0 Å². The van der Waals surface area contributed by atoms with Crippen LogP contribution in [0.15, 0.2) is 47.5 Å². The number of anilines is 1. The summed E-state index contributed by atoms with van der Waals surface area (Å²) in [6.07, 6.45) is 3.24. The van der Waals surface area contributed by atoms with Gasteiger partial charge in [-0.25, -0.2) is 9.97 Å². The van der Waals surface area contributed by atoms with Gasteiger partial charge in [0.25, 0.3) is 0 Å². The van der Waals surface area contributed by atoms with Crippen molar-refractivity contribution in [2.75, 3.05) is 44.4 Å². The van der Waals surface area contributed by atoms with Crippen LogP contribution >= 0.6 is 11.8 Å². The average molecular weight is 494 g/mol. The number of thioether (sulfide) groups is 1. The largest absolute Gasteiger partial charge is 0.480 e. The predicted molar refractivity (Wildman–Crippen MR) is 138 cm³/mol. The molecule has 2 aliphatic heterocycles. The van der Waals surface area contributed by atoms with Gasteiger partial charge in [0.2, 0.25) is 11.8 Å². The van der Waals surface area contributed by atoms with Gasteiger partial charge in [-0.2, -0.15) is 0 Å². The predicted octanol–water partition coefficient (Wildman–Crippen LogP) is 3.22. The third kappa shape index (κ3) is 5.75. The number of benzene rings is 2. The Kier molecular flexibility index (Phi) is 7.48. The van der Waals surface area contributed by atoms with Crippen molar-refractivity contribution in [2.24, 2.45) is 5.92 Å². The van der Waals surface area contributed by atoms with Crippen molar-refractivity contribution < 1.29 is 14.6 Å². The highest BCUT2D eigenvalue weighted by Crippen LogP contribution is 2.32. The number of piperidine rings is 1. The molecule has 1 amide bonds. The molecule has 2 aliphatic rings. The van der Waals surface area contributed by atoms with Crippen molar-refractivity contribution in [2.45, 2.75) is 30.4 Å². The molecule has 3 aromatic rings. The van der Waals surface area contributed by atoms with E-state index in [1.807, 2.05) is 18.2 Å². The van der Waals surface area contributed by atoms with Crippen LogP contribution in [0.3, 0.4) is 0 Å². The van der Waals surface area contributed by atoms with Gasteiger partial charge in [0, 0.05) is 30.1 Å². The minimum Gasteiger partial charge on any atom is -0.480 e. The van der Waals surface area contributed by atoms with Crippen molar-refractivity contribution in [1.29, 1.82) is 0 Å². The molecule has 1 saturated heterocycles. The molecule has 2 atom stereocenters. The van der Waals surface area contributed by atoms with Gasteiger partial charge < -0.3 is 25.4 Å². The number of fused-ring (bicyclic) bond motifs is 2. The summed E-state index contributed by atoms with van der Waals surface area (Å²) in [7, 11) is 1.57. The van der Waals surface area contributed by atoms with E-state index in [1.54, 1.807) is 25.1 Å². The van der Waals surface area contributed by atoms with Gasteiger partial charge in [0.1, 0.15) is 0 Å². The third-order valence-electron chi connectivity index (χ3n) is 6.62. The summed E-state index contributed by atoms with van der Waals surface area (Å²) >= 11 is 1.59. The lowest BCUT2D eigenvalue weighted by atomic mass is 9.97. The van der Waals surface area contributed by atoms with Crippen molar-refractivity contribution in [3.63, 3.8) is 0 Å². The van der Waals surface area contributed by atoms with Crippen molar-refractivity contribution >= 4 is 34.4 Å². The zero-order chi connectivity index (χ0) is 24.2. The highest BCUT2D eigenvalue weighted by Gasteiger charge is 2.23. The fourth-order valence-electron chi connectivity index (χ4n) is 4.89. The van der Waals surface area contributed by atoms with Crippen LogP contribution in [-0.2, 0) is 11.3 Å². The Labute approximate surface area is 209 Å². The van der Waals surface area contributed by atoms with E-state index in [1.165, 1.54) is 12.0 Å². The normalized spacial score (nSPS) is 19.3. The number of nitrogens with zero attached hydrogens (tertiary/aromatic N) is 3. The second-order valence-electron chi connectivity index (χ2n) is 9.21. The number of para-hydroxylation sites is 1. The third-order valence-corrected chi connectivity index (χ3v) is 7.70. The molecular formula is C26H31N5O3S. The molecule has 2 aromatic carbocycles. The second kappa shape index (κ2) is 10.9. The number of likely N-dealkylation sites (tertiary alicyclic amines) is 1. The molecule has 35 heavy (non-hydrogen) atoms. The molecule has 0 saturated carbocycles. The minimum absolute atomic E-state index is 0.0618. The van der Waals surface area contributed by atoms with Crippen molar-refractivity contribution in [3.05, 3.63) is 53.7 Å². The average Bonchev–Trinajstić information content (AvgIpc) is 2.88. The molecule has 5 rings (SSSR count). The Balaban J connectivity index is 1.15. The molecule has 2 unspecified atom stereocenters. The lowest BCUT2D eigenvalue weighted by Crippen LogP contribution is -2.41. The van der Waals surface area contributed by atoms with Gasteiger partial charge in [-0.15, -0.1) is 11.8 Å². The molecule has 184 valence electrons. The van der Waals surface area contributed by atoms with Crippen LogP contribution in [0.5, 0.6) is 5.88 Å². The lowest BCUT2D eigenvalue weighted by Gasteiger charge is -2.34. The summed E-state index contributed by atoms with van der Waals surface area (Å²) < 4.78 is 5.23. The minimum atomic E-state index is -0.643. The number of methoxy groups -OCH3 is 1. The Morgan fingerprint density at radius 1 is 1.34 bits per heavy atom. The Morgan fingerprint density at radius 3 is 3.14 bits per heavy atom. The quantitative estimate of drug-likeness (QED) is 0.440. The number of hydrogen-bond acceptors (Lipinski definition) is 8. The fourth-order valence-corrected chi connectivity index (χ4v) is 5.68. The molecule has 8 nitrogen and oxygen atoms in total. The van der Waals surface area contributed by atoms with Crippen LogP contribution in [0.1, 0.15) is 30.1 Å². The molecular weight excluding hydrogens is 462 g/mol. The lowest BCUT2D eigenvalue weighted by molar-refractivity contribution is -0.113. The number of nitrogens with one attached hydrogen (secondary N) is 2. The molecule has 0 spiro atoms. The number of aliphatic hydroxyl groups is 1. The first-order valence-corrected chi connectivity index (χ1v) is 13.0. The van der Waals surface area contributed by atoms with E-state index in [0.717, 1.165) is 54.3 Å². The number of carbonyl (C=O) groups is 1. The van der Waals surface area contributed by atoms with Gasteiger partial charge in [0.05, 0.1) is 41.9 Å². The van der Waals surface area contributed by atoms with Gasteiger partial charge in [-0.1, -0.05) is 18.2 Å². The topological polar surface area (TPSA) is 99.6 Å². The zero-order valence-electron chi connectivity index (χ0n) is 19.9. The molecule has 0 aliphatic carbocycles. The number of ether oxygens (including phenoxy) is 1. The highest BCUT2D eigenvalue weighted by atomic mass is 32.2. The summed E-state index contributed by atoms with van der Waals surface area (Å²) in [6.45, 7) is 4.18. The maximum absolute atomic E-state index is 11.7. The standard InChI is InChI=1S/C26H31N5O3S/c1-34-25-13-28-20-6-2-5-19(26(20)30-25)22(32)15-31-9-3-4-18(14-31)12-27-11-17-7-8-23-21(10-17)29-24(33)16-35-23/h2,5-8,10,13,18,22,27,32H,3-4,9,11-12,14-16H2,1H3,(H,29,33). The van der Waals surface area contributed by atoms with E-state index in [0.29, 0.717) is 29.6 Å². The molecule has 3 heterocycles. The van der Waals surface area contributed by atoms with E-state index in [9.17, 15) is 9.90 Å². The number of aromatic nitrogens is 2. The Hall–Kier alpha value is -2.72. The Bertz CT molecular complexity index is 1210. The first kappa shape index (κ1) is 24.0. The Morgan fingerprint density at radius 2 is 2.26 bits per heavy atom. The van der Waals surface area contributed by atoms with E-state index >= 15 is 0 Å². The SMILES string of the molecule is COc1cnc2cccc(C(O)CN3CCCC(CNCc4ccc5c(c4)NC(=O)CS5)C3)c2n1. The fraction of sp³-hybridized carbons (Fsp3) is 0.423. The van der Waals surface area contributed by atoms with Crippen molar-refractivity contribution in [1.82, 2.24) is 20.2 Å². The molecule has 1 fully saturated rings. The number of amides is 1. The van der Waals surface area contributed by atoms with E-state index in [2.05, 4.69) is 43.7 Å². The van der Waals surface area contributed by atoms with E-state index in [-0.39, 0.29) is 5.91 Å². The van der Waals surface area contributed by atoms with Gasteiger partial charge in [-0.05, 0) is 55.6 Å². The molecule has 0 bridgehead atoms. The second-order valence-corrected chi connectivity index (χ2v) is 10.2. The summed E-state index contributed by atoms with van der Waals surface area (Å²) in [6, 6.07) is 12.0. The highest BCUT2D eigenvalue weighted by molar-refractivity contribution is 8.00. The van der Waals surface area contributed by atoms with Crippen LogP contribution in [0, 0.1) is 5.92 Å². The number of carbonyl (C=O) groups excluding carboxylic acids is 1. The number of hydrogen-bond donors (Lipinski definition) is 3. The molecule has 9 heteroatoms. The van der Waals surface area contributed by atoms with Gasteiger partial charge >= 0.3 is 0 Å². The van der Waals surface area contributed by atoms with E-state index < -0.39 is 6.10 Å². The monoisotopic (exact) mass is 493 g/mol. The first-order chi connectivity index (χ1) is 17.1. The summed E-state index contributed by atoms with van der Waals surface area (Å²) in [4.78, 5) is 24.1.